The summed E-state index contributed by atoms with van der Waals surface area (Å²) in [7, 11) is 0. The largest absolute Gasteiger partial charge is 0.482 e. The maximum atomic E-state index is 12.2. The van der Waals surface area contributed by atoms with Gasteiger partial charge in [-0.1, -0.05) is 23.7 Å². The molecule has 8 heteroatoms. The number of halogens is 1. The molecule has 4 rings (SSSR count). The minimum atomic E-state index is -0.419. The van der Waals surface area contributed by atoms with E-state index in [1.54, 1.807) is 29.2 Å². The van der Waals surface area contributed by atoms with Crippen LogP contribution in [0, 0.1) is 0 Å². The van der Waals surface area contributed by atoms with Gasteiger partial charge in [0.2, 0.25) is 0 Å². The van der Waals surface area contributed by atoms with Gasteiger partial charge in [0, 0.05) is 22.7 Å². The summed E-state index contributed by atoms with van der Waals surface area (Å²) < 4.78 is 21.5. The average Bonchev–Trinajstić information content (AvgIpc) is 2.71. The van der Waals surface area contributed by atoms with Crippen molar-refractivity contribution in [1.82, 2.24) is 0 Å². The van der Waals surface area contributed by atoms with Crippen LogP contribution in [0.25, 0.3) is 0 Å². The number of ether oxygens (including phenoxy) is 4. The molecule has 7 nitrogen and oxygen atoms in total. The van der Waals surface area contributed by atoms with Gasteiger partial charge in [0.05, 0.1) is 18.7 Å². The monoisotopic (exact) mass is 403 g/mol. The molecule has 0 saturated carbocycles. The Balaban J connectivity index is 1.37. The molecule has 0 spiro atoms. The van der Waals surface area contributed by atoms with Crippen LogP contribution >= 0.6 is 11.6 Å². The van der Waals surface area contributed by atoms with Crippen molar-refractivity contribution >= 4 is 29.2 Å². The number of amides is 1. The first-order chi connectivity index (χ1) is 13.6. The van der Waals surface area contributed by atoms with Crippen LogP contribution < -0.4 is 14.4 Å². The van der Waals surface area contributed by atoms with E-state index < -0.39 is 5.97 Å². The third-order valence-electron chi connectivity index (χ3n) is 4.49. The lowest BCUT2D eigenvalue weighted by Crippen LogP contribution is -2.40. The molecule has 1 amide bonds. The van der Waals surface area contributed by atoms with Crippen molar-refractivity contribution < 1.29 is 28.5 Å². The highest BCUT2D eigenvalue weighted by Crippen LogP contribution is 2.33. The molecule has 2 aromatic rings. The van der Waals surface area contributed by atoms with Crippen LogP contribution in [0.15, 0.2) is 36.4 Å². The molecule has 2 aliphatic heterocycles. The zero-order valence-electron chi connectivity index (χ0n) is 15.0. The zero-order valence-corrected chi connectivity index (χ0v) is 15.7. The summed E-state index contributed by atoms with van der Waals surface area (Å²) in [5.41, 5.74) is 2.16. The summed E-state index contributed by atoms with van der Waals surface area (Å²) in [5, 5.41) is 0.523. The number of esters is 1. The first-order valence-electron chi connectivity index (χ1n) is 8.81. The number of hydrogen-bond donors (Lipinski definition) is 0. The molecule has 146 valence electrons. The molecule has 0 saturated heterocycles. The number of benzene rings is 2. The zero-order chi connectivity index (χ0) is 19.5. The predicted octanol–water partition coefficient (Wildman–Crippen LogP) is 3.07. The lowest BCUT2D eigenvalue weighted by Gasteiger charge is -2.29. The van der Waals surface area contributed by atoms with Gasteiger partial charge < -0.3 is 23.8 Å². The first-order valence-corrected chi connectivity index (χ1v) is 9.19. The summed E-state index contributed by atoms with van der Waals surface area (Å²) in [6.07, 6.45) is 0.0623. The Labute approximate surface area is 166 Å². The second-order valence-electron chi connectivity index (χ2n) is 6.38. The molecule has 0 bridgehead atoms. The van der Waals surface area contributed by atoms with Gasteiger partial charge in [-0.15, -0.1) is 0 Å². The highest BCUT2D eigenvalue weighted by atomic mass is 35.5. The molecule has 0 fully saturated rings. The second-order valence-corrected chi connectivity index (χ2v) is 6.81. The van der Waals surface area contributed by atoms with Crippen LogP contribution in [0.4, 0.5) is 5.69 Å². The molecule has 2 aromatic carbocycles. The van der Waals surface area contributed by atoms with E-state index in [2.05, 4.69) is 0 Å². The number of rotatable bonds is 5. The van der Waals surface area contributed by atoms with Crippen LogP contribution in [0.2, 0.25) is 5.02 Å². The van der Waals surface area contributed by atoms with Crippen molar-refractivity contribution in [3.05, 3.63) is 52.5 Å². The number of carbonyl (C=O) groups excluding carboxylic acids is 2. The van der Waals surface area contributed by atoms with Gasteiger partial charge in [0.25, 0.3) is 5.91 Å². The average molecular weight is 404 g/mol. The van der Waals surface area contributed by atoms with E-state index in [4.69, 9.17) is 30.5 Å². The van der Waals surface area contributed by atoms with Crippen molar-refractivity contribution in [3.63, 3.8) is 0 Å². The number of carbonyl (C=O) groups is 2. The fraction of sp³-hybridized carbons (Fsp3) is 0.300. The van der Waals surface area contributed by atoms with Gasteiger partial charge >= 0.3 is 5.97 Å². The molecule has 0 N–H and O–H groups in total. The van der Waals surface area contributed by atoms with Crippen molar-refractivity contribution in [3.8, 4) is 11.5 Å². The summed E-state index contributed by atoms with van der Waals surface area (Å²) in [4.78, 5) is 25.9. The topological polar surface area (TPSA) is 74.3 Å². The number of para-hydroxylation sites is 2. The quantitative estimate of drug-likeness (QED) is 0.714. The van der Waals surface area contributed by atoms with Gasteiger partial charge in [-0.2, -0.15) is 0 Å². The van der Waals surface area contributed by atoms with Crippen LogP contribution in [0.5, 0.6) is 11.5 Å². The Kier molecular flexibility index (Phi) is 5.36. The fourth-order valence-corrected chi connectivity index (χ4v) is 3.46. The molecular formula is C20H18ClNO6. The van der Waals surface area contributed by atoms with E-state index in [-0.39, 0.29) is 38.9 Å². The smallest absolute Gasteiger partial charge is 0.307 e. The van der Waals surface area contributed by atoms with Crippen LogP contribution in [0.3, 0.4) is 0 Å². The SMILES string of the molecule is O=C(CCN1C(=O)COc2ccccc21)OCc1cc(Cl)cc2c1OCOC2. The normalized spacial score (nSPS) is 15.2. The van der Waals surface area contributed by atoms with Gasteiger partial charge in [0.1, 0.15) is 18.1 Å². The highest BCUT2D eigenvalue weighted by molar-refractivity contribution is 6.30. The number of anilines is 1. The van der Waals surface area contributed by atoms with E-state index in [1.807, 2.05) is 12.1 Å². The molecule has 2 aliphatic rings. The molecule has 0 aromatic heterocycles. The maximum Gasteiger partial charge on any atom is 0.307 e. The molecule has 0 unspecified atom stereocenters. The molecular weight excluding hydrogens is 386 g/mol. The van der Waals surface area contributed by atoms with Gasteiger partial charge in [0.15, 0.2) is 13.4 Å². The Morgan fingerprint density at radius 2 is 2.04 bits per heavy atom. The number of nitrogens with zero attached hydrogens (tertiary/aromatic N) is 1. The summed E-state index contributed by atoms with van der Waals surface area (Å²) >= 11 is 6.12. The molecule has 0 radical (unpaired) electrons. The first kappa shape index (κ1) is 18.6. The molecule has 0 atom stereocenters. The molecule has 28 heavy (non-hydrogen) atoms. The lowest BCUT2D eigenvalue weighted by molar-refractivity contribution is -0.144. The van der Waals surface area contributed by atoms with E-state index in [0.717, 1.165) is 5.56 Å². The third kappa shape index (κ3) is 3.90. The minimum absolute atomic E-state index is 0.0371. The second kappa shape index (κ2) is 8.08. The van der Waals surface area contributed by atoms with E-state index in [1.165, 1.54) is 0 Å². The van der Waals surface area contributed by atoms with E-state index in [0.29, 0.717) is 34.4 Å². The van der Waals surface area contributed by atoms with Gasteiger partial charge in [-0.3, -0.25) is 9.59 Å². The van der Waals surface area contributed by atoms with Crippen molar-refractivity contribution in [2.45, 2.75) is 19.6 Å². The summed E-state index contributed by atoms with van der Waals surface area (Å²) in [6, 6.07) is 10.7. The Hall–Kier alpha value is -2.77. The minimum Gasteiger partial charge on any atom is -0.482 e. The number of hydrogen-bond acceptors (Lipinski definition) is 6. The predicted molar refractivity (Wildman–Crippen MR) is 100 cm³/mol. The van der Waals surface area contributed by atoms with E-state index in [9.17, 15) is 9.59 Å². The third-order valence-corrected chi connectivity index (χ3v) is 4.71. The lowest BCUT2D eigenvalue weighted by atomic mass is 10.1. The maximum absolute atomic E-state index is 12.2. The van der Waals surface area contributed by atoms with Crippen LogP contribution in [0.1, 0.15) is 17.5 Å². The van der Waals surface area contributed by atoms with Gasteiger partial charge in [-0.25, -0.2) is 0 Å². The van der Waals surface area contributed by atoms with Crippen LogP contribution in [-0.4, -0.2) is 31.8 Å². The van der Waals surface area contributed by atoms with Crippen molar-refractivity contribution in [2.24, 2.45) is 0 Å². The fourth-order valence-electron chi connectivity index (χ4n) is 3.20. The summed E-state index contributed by atoms with van der Waals surface area (Å²) in [5.74, 6) is 0.655. The van der Waals surface area contributed by atoms with Crippen LogP contribution in [-0.2, 0) is 32.3 Å². The highest BCUT2D eigenvalue weighted by Gasteiger charge is 2.26. The van der Waals surface area contributed by atoms with Gasteiger partial charge in [-0.05, 0) is 24.3 Å². The van der Waals surface area contributed by atoms with Crippen molar-refractivity contribution in [1.29, 1.82) is 0 Å². The standard InChI is InChI=1S/C20H18ClNO6/c21-15-7-13-9-25-12-28-20(13)14(8-15)10-27-19(24)5-6-22-16-3-1-2-4-17(16)26-11-18(22)23/h1-4,7-8H,5-6,9-12H2. The molecule has 0 aliphatic carbocycles. The Bertz CT molecular complexity index is 916. The van der Waals surface area contributed by atoms with Crippen molar-refractivity contribution in [2.75, 3.05) is 24.8 Å². The Morgan fingerprint density at radius 1 is 1.18 bits per heavy atom. The molecule has 2 heterocycles. The summed E-state index contributed by atoms with van der Waals surface area (Å²) in [6.45, 7) is 0.759. The van der Waals surface area contributed by atoms with E-state index >= 15 is 0 Å². The Morgan fingerprint density at radius 3 is 2.93 bits per heavy atom. The number of fused-ring (bicyclic) bond motifs is 2.